The van der Waals surface area contributed by atoms with Crippen molar-refractivity contribution in [2.45, 2.75) is 36.6 Å². The monoisotopic (exact) mass is 294 g/mol. The number of halogens is 1. The third-order valence-corrected chi connectivity index (χ3v) is 5.16. The second-order valence-corrected chi connectivity index (χ2v) is 6.43. The summed E-state index contributed by atoms with van der Waals surface area (Å²) in [4.78, 5) is 1.06. The number of hydrogen-bond donors (Lipinski definition) is 1. The minimum atomic E-state index is -0.389. The molecule has 0 radical (unpaired) electrons. The summed E-state index contributed by atoms with van der Waals surface area (Å²) in [6.07, 6.45) is 3.37. The minimum Gasteiger partial charge on any atom is -0.298 e. The van der Waals surface area contributed by atoms with E-state index in [-0.39, 0.29) is 5.54 Å². The molecule has 19 heavy (non-hydrogen) atoms. The van der Waals surface area contributed by atoms with E-state index < -0.39 is 0 Å². The number of hydrogen-bond acceptors (Lipinski definition) is 3. The summed E-state index contributed by atoms with van der Waals surface area (Å²) in [5.41, 5.74) is -0.389. The van der Waals surface area contributed by atoms with E-state index in [1.54, 1.807) is 11.8 Å². The number of nitriles is 1. The summed E-state index contributed by atoms with van der Waals surface area (Å²) < 4.78 is 0. The van der Waals surface area contributed by atoms with Gasteiger partial charge in [0.05, 0.1) is 11.1 Å². The average molecular weight is 295 g/mol. The summed E-state index contributed by atoms with van der Waals surface area (Å²) in [6, 6.07) is 10.4. The van der Waals surface area contributed by atoms with Gasteiger partial charge in [0.15, 0.2) is 0 Å². The van der Waals surface area contributed by atoms with Crippen LogP contribution in [-0.2, 0) is 0 Å². The highest BCUT2D eigenvalue weighted by Crippen LogP contribution is 2.42. The van der Waals surface area contributed by atoms with Crippen LogP contribution >= 0.6 is 23.4 Å². The maximum atomic E-state index is 9.60. The molecule has 2 nitrogen and oxygen atoms in total. The first-order valence-corrected chi connectivity index (χ1v) is 8.12. The lowest BCUT2D eigenvalue weighted by Crippen LogP contribution is -2.48. The molecule has 2 rings (SSSR count). The zero-order chi connectivity index (χ0) is 13.7. The molecule has 1 aromatic rings. The van der Waals surface area contributed by atoms with E-state index in [2.05, 4.69) is 18.3 Å². The van der Waals surface area contributed by atoms with Crippen LogP contribution in [0.2, 0.25) is 5.02 Å². The smallest absolute Gasteiger partial charge is 0.119 e. The van der Waals surface area contributed by atoms with Gasteiger partial charge in [-0.15, -0.1) is 11.8 Å². The van der Waals surface area contributed by atoms with Gasteiger partial charge in [-0.25, -0.2) is 0 Å². The average Bonchev–Trinajstić information content (AvgIpc) is 3.26. The van der Waals surface area contributed by atoms with E-state index in [4.69, 9.17) is 11.6 Å². The van der Waals surface area contributed by atoms with Crippen LogP contribution < -0.4 is 5.32 Å². The minimum absolute atomic E-state index is 0.389. The lowest BCUT2D eigenvalue weighted by Gasteiger charge is -2.27. The fourth-order valence-electron chi connectivity index (χ4n) is 2.15. The first kappa shape index (κ1) is 14.7. The van der Waals surface area contributed by atoms with Gasteiger partial charge in [-0.2, -0.15) is 5.26 Å². The quantitative estimate of drug-likeness (QED) is 0.769. The van der Waals surface area contributed by atoms with Crippen molar-refractivity contribution < 1.29 is 0 Å². The molecule has 1 fully saturated rings. The van der Waals surface area contributed by atoms with Crippen LogP contribution in [0.25, 0.3) is 0 Å². The van der Waals surface area contributed by atoms with E-state index in [0.717, 1.165) is 41.5 Å². The zero-order valence-corrected chi connectivity index (χ0v) is 12.7. The summed E-state index contributed by atoms with van der Waals surface area (Å²) in [5, 5.41) is 13.8. The lowest BCUT2D eigenvalue weighted by atomic mass is 9.97. The second-order valence-electron chi connectivity index (χ2n) is 5.00. The Kier molecular flexibility index (Phi) is 5.15. The summed E-state index contributed by atoms with van der Waals surface area (Å²) in [6.45, 7) is 3.02. The van der Waals surface area contributed by atoms with Crippen molar-refractivity contribution in [3.63, 3.8) is 0 Å². The SMILES string of the molecule is CCCNC(C#N)(CSc1ccccc1Cl)C1CC1. The fourth-order valence-corrected chi connectivity index (χ4v) is 3.62. The molecule has 102 valence electrons. The molecule has 1 aliphatic rings. The molecular weight excluding hydrogens is 276 g/mol. The number of rotatable bonds is 7. The van der Waals surface area contributed by atoms with E-state index >= 15 is 0 Å². The molecule has 0 heterocycles. The van der Waals surface area contributed by atoms with Gasteiger partial charge in [0, 0.05) is 10.6 Å². The van der Waals surface area contributed by atoms with Gasteiger partial charge in [-0.3, -0.25) is 5.32 Å². The standard InChI is InChI=1S/C15H19ClN2S/c1-2-9-18-15(10-17,12-7-8-12)11-19-14-6-4-3-5-13(14)16/h3-6,12,18H,2,7-9,11H2,1H3. The van der Waals surface area contributed by atoms with E-state index in [0.29, 0.717) is 5.92 Å². The van der Waals surface area contributed by atoms with Crippen molar-refractivity contribution in [1.82, 2.24) is 5.32 Å². The largest absolute Gasteiger partial charge is 0.298 e. The van der Waals surface area contributed by atoms with Crippen molar-refractivity contribution in [1.29, 1.82) is 5.26 Å². The van der Waals surface area contributed by atoms with Gasteiger partial charge in [0.1, 0.15) is 5.54 Å². The summed E-state index contributed by atoms with van der Waals surface area (Å²) in [5.74, 6) is 1.26. The Morgan fingerprint density at radius 2 is 2.21 bits per heavy atom. The van der Waals surface area contributed by atoms with Gasteiger partial charge in [-0.05, 0) is 43.9 Å². The van der Waals surface area contributed by atoms with Crippen LogP contribution in [0.1, 0.15) is 26.2 Å². The molecule has 1 unspecified atom stereocenters. The molecule has 1 atom stereocenters. The van der Waals surface area contributed by atoms with E-state index in [1.807, 2.05) is 24.3 Å². The Bertz CT molecular complexity index is 467. The number of thioether (sulfide) groups is 1. The maximum Gasteiger partial charge on any atom is 0.119 e. The predicted molar refractivity (Wildman–Crippen MR) is 81.5 cm³/mol. The van der Waals surface area contributed by atoms with Gasteiger partial charge in [0.25, 0.3) is 0 Å². The molecule has 0 aromatic heterocycles. The highest BCUT2D eigenvalue weighted by molar-refractivity contribution is 7.99. The molecule has 1 saturated carbocycles. The van der Waals surface area contributed by atoms with Crippen LogP contribution in [0.4, 0.5) is 0 Å². The molecule has 0 spiro atoms. The third kappa shape index (κ3) is 3.66. The second kappa shape index (κ2) is 6.65. The topological polar surface area (TPSA) is 35.8 Å². The lowest BCUT2D eigenvalue weighted by molar-refractivity contribution is 0.406. The Morgan fingerprint density at radius 3 is 2.79 bits per heavy atom. The molecule has 0 amide bonds. The third-order valence-electron chi connectivity index (χ3n) is 3.46. The number of nitrogens with one attached hydrogen (secondary N) is 1. The zero-order valence-electron chi connectivity index (χ0n) is 11.2. The van der Waals surface area contributed by atoms with Crippen molar-refractivity contribution in [2.24, 2.45) is 5.92 Å². The van der Waals surface area contributed by atoms with Crippen LogP contribution in [0, 0.1) is 17.2 Å². The first-order valence-electron chi connectivity index (χ1n) is 6.75. The van der Waals surface area contributed by atoms with Crippen LogP contribution in [0.3, 0.4) is 0 Å². The maximum absolute atomic E-state index is 9.60. The van der Waals surface area contributed by atoms with Gasteiger partial charge in [0.2, 0.25) is 0 Å². The number of nitrogens with zero attached hydrogens (tertiary/aromatic N) is 1. The molecule has 4 heteroatoms. The summed E-state index contributed by atoms with van der Waals surface area (Å²) >= 11 is 7.85. The predicted octanol–water partition coefficient (Wildman–Crippen LogP) is 4.10. The normalized spacial score (nSPS) is 17.7. The fraction of sp³-hybridized carbons (Fsp3) is 0.533. The van der Waals surface area contributed by atoms with Crippen molar-refractivity contribution >= 4 is 23.4 Å². The summed E-state index contributed by atoms with van der Waals surface area (Å²) in [7, 11) is 0. The molecule has 1 aromatic carbocycles. The molecule has 0 saturated heterocycles. The Hall–Kier alpha value is -0.690. The molecule has 0 bridgehead atoms. The number of benzene rings is 1. The van der Waals surface area contributed by atoms with Crippen molar-refractivity contribution in [3.05, 3.63) is 29.3 Å². The van der Waals surface area contributed by atoms with E-state index in [9.17, 15) is 5.26 Å². The highest BCUT2D eigenvalue weighted by Gasteiger charge is 2.45. The van der Waals surface area contributed by atoms with E-state index in [1.165, 1.54) is 0 Å². The van der Waals surface area contributed by atoms with Crippen molar-refractivity contribution in [3.8, 4) is 6.07 Å². The molecular formula is C15H19ClN2S. The van der Waals surface area contributed by atoms with Crippen LogP contribution in [0.5, 0.6) is 0 Å². The first-order chi connectivity index (χ1) is 9.22. The Morgan fingerprint density at radius 1 is 1.47 bits per heavy atom. The van der Waals surface area contributed by atoms with Gasteiger partial charge in [-0.1, -0.05) is 30.7 Å². The van der Waals surface area contributed by atoms with Crippen molar-refractivity contribution in [2.75, 3.05) is 12.3 Å². The Balaban J connectivity index is 2.04. The molecule has 1 aliphatic carbocycles. The highest BCUT2D eigenvalue weighted by atomic mass is 35.5. The molecule has 1 N–H and O–H groups in total. The van der Waals surface area contributed by atoms with Crippen LogP contribution in [-0.4, -0.2) is 17.8 Å². The Labute approximate surface area is 124 Å². The molecule has 0 aliphatic heterocycles. The van der Waals surface area contributed by atoms with Crippen LogP contribution in [0.15, 0.2) is 29.2 Å². The van der Waals surface area contributed by atoms with Gasteiger partial charge >= 0.3 is 0 Å². The van der Waals surface area contributed by atoms with Gasteiger partial charge < -0.3 is 0 Å².